The van der Waals surface area contributed by atoms with Gasteiger partial charge in [-0.05, 0) is 79.1 Å². The number of hydrogen-bond acceptors (Lipinski definition) is 3. The third-order valence-electron chi connectivity index (χ3n) is 4.11. The first-order chi connectivity index (χ1) is 9.86. The molecule has 0 fully saturated rings. The molecule has 108 valence electrons. The summed E-state index contributed by atoms with van der Waals surface area (Å²) in [5.41, 5.74) is 3.12. The highest BCUT2D eigenvalue weighted by Crippen LogP contribution is 2.34. The average Bonchev–Trinajstić information content (AvgIpc) is 3.12. The van der Waals surface area contributed by atoms with Gasteiger partial charge in [0.1, 0.15) is 0 Å². The minimum Gasteiger partial charge on any atom is -0.310 e. The fourth-order valence-corrected chi connectivity index (χ4v) is 5.09. The van der Waals surface area contributed by atoms with E-state index in [-0.39, 0.29) is 0 Å². The van der Waals surface area contributed by atoms with Gasteiger partial charge in [-0.25, -0.2) is 0 Å². The first-order valence-electron chi connectivity index (χ1n) is 7.72. The SMILES string of the molecule is CCNC(CCc1ccsc1)c1cc2c(s1)CCCC2. The third-order valence-corrected chi connectivity index (χ3v) is 6.19. The van der Waals surface area contributed by atoms with E-state index in [1.54, 1.807) is 26.7 Å². The van der Waals surface area contributed by atoms with Gasteiger partial charge in [0.25, 0.3) is 0 Å². The standard InChI is InChI=1S/C17H23NS2/c1-2-18-15(8-7-13-9-10-19-12-13)17-11-14-5-3-4-6-16(14)20-17/h9-12,15,18H,2-8H2,1H3. The van der Waals surface area contributed by atoms with Crippen molar-refractivity contribution in [3.05, 3.63) is 43.8 Å². The molecule has 20 heavy (non-hydrogen) atoms. The van der Waals surface area contributed by atoms with E-state index in [4.69, 9.17) is 0 Å². The second-order valence-electron chi connectivity index (χ2n) is 5.58. The van der Waals surface area contributed by atoms with E-state index in [0.717, 1.165) is 6.54 Å². The Morgan fingerprint density at radius 2 is 2.20 bits per heavy atom. The highest BCUT2D eigenvalue weighted by atomic mass is 32.1. The summed E-state index contributed by atoms with van der Waals surface area (Å²) in [6, 6.07) is 5.28. The molecule has 2 aromatic rings. The third kappa shape index (κ3) is 3.33. The molecule has 0 radical (unpaired) electrons. The Morgan fingerprint density at radius 1 is 1.30 bits per heavy atom. The lowest BCUT2D eigenvalue weighted by Gasteiger charge is -2.16. The fraction of sp³-hybridized carbons (Fsp3) is 0.529. The molecule has 0 spiro atoms. The Morgan fingerprint density at radius 3 is 2.95 bits per heavy atom. The first-order valence-corrected chi connectivity index (χ1v) is 9.48. The highest BCUT2D eigenvalue weighted by Gasteiger charge is 2.18. The lowest BCUT2D eigenvalue weighted by atomic mass is 9.98. The molecule has 1 unspecified atom stereocenters. The molecule has 0 aliphatic heterocycles. The Hall–Kier alpha value is -0.640. The van der Waals surface area contributed by atoms with Crippen LogP contribution in [-0.2, 0) is 19.3 Å². The van der Waals surface area contributed by atoms with Crippen LogP contribution in [0.4, 0.5) is 0 Å². The number of aryl methyl sites for hydroxylation is 3. The van der Waals surface area contributed by atoms with Crippen molar-refractivity contribution in [3.63, 3.8) is 0 Å². The van der Waals surface area contributed by atoms with Crippen molar-refractivity contribution in [1.82, 2.24) is 5.32 Å². The van der Waals surface area contributed by atoms with Gasteiger partial charge in [-0.2, -0.15) is 11.3 Å². The van der Waals surface area contributed by atoms with Crippen molar-refractivity contribution in [3.8, 4) is 0 Å². The van der Waals surface area contributed by atoms with E-state index in [1.165, 1.54) is 44.1 Å². The first kappa shape index (κ1) is 14.3. The van der Waals surface area contributed by atoms with Crippen LogP contribution in [0.1, 0.15) is 53.1 Å². The topological polar surface area (TPSA) is 12.0 Å². The Kier molecular flexibility index (Phi) is 4.92. The van der Waals surface area contributed by atoms with Crippen LogP contribution in [-0.4, -0.2) is 6.54 Å². The summed E-state index contributed by atoms with van der Waals surface area (Å²) >= 11 is 3.87. The molecule has 0 saturated heterocycles. The highest BCUT2D eigenvalue weighted by molar-refractivity contribution is 7.12. The molecule has 1 nitrogen and oxygen atoms in total. The number of hydrogen-bond donors (Lipinski definition) is 1. The summed E-state index contributed by atoms with van der Waals surface area (Å²) in [5.74, 6) is 0. The number of rotatable bonds is 6. The quantitative estimate of drug-likeness (QED) is 0.794. The Labute approximate surface area is 130 Å². The zero-order chi connectivity index (χ0) is 13.8. The van der Waals surface area contributed by atoms with Crippen LogP contribution in [0.5, 0.6) is 0 Å². The zero-order valence-corrected chi connectivity index (χ0v) is 13.8. The molecule has 3 rings (SSSR count). The van der Waals surface area contributed by atoms with Crippen molar-refractivity contribution >= 4 is 22.7 Å². The molecule has 1 aliphatic rings. The average molecular weight is 306 g/mol. The maximum Gasteiger partial charge on any atom is 0.0418 e. The lowest BCUT2D eigenvalue weighted by molar-refractivity contribution is 0.523. The lowest BCUT2D eigenvalue weighted by Crippen LogP contribution is -2.20. The molecule has 0 aromatic carbocycles. The summed E-state index contributed by atoms with van der Waals surface area (Å²) in [6.45, 7) is 3.27. The monoisotopic (exact) mass is 305 g/mol. The van der Waals surface area contributed by atoms with Crippen molar-refractivity contribution in [1.29, 1.82) is 0 Å². The summed E-state index contributed by atoms with van der Waals surface area (Å²) < 4.78 is 0. The van der Waals surface area contributed by atoms with Crippen LogP contribution >= 0.6 is 22.7 Å². The van der Waals surface area contributed by atoms with E-state index in [2.05, 4.69) is 46.5 Å². The minimum atomic E-state index is 0.537. The van der Waals surface area contributed by atoms with E-state index in [9.17, 15) is 0 Å². The second kappa shape index (κ2) is 6.88. The van der Waals surface area contributed by atoms with E-state index >= 15 is 0 Å². The van der Waals surface area contributed by atoms with E-state index in [0.29, 0.717) is 6.04 Å². The predicted octanol–water partition coefficient (Wildman–Crippen LogP) is 4.97. The smallest absolute Gasteiger partial charge is 0.0418 e. The molecule has 1 atom stereocenters. The Bertz CT molecular complexity index is 504. The number of nitrogens with one attached hydrogen (secondary N) is 1. The minimum absolute atomic E-state index is 0.537. The molecule has 1 aliphatic carbocycles. The summed E-state index contributed by atoms with van der Waals surface area (Å²) in [4.78, 5) is 3.22. The Balaban J connectivity index is 1.70. The predicted molar refractivity (Wildman–Crippen MR) is 90.0 cm³/mol. The molecule has 1 N–H and O–H groups in total. The molecular weight excluding hydrogens is 282 g/mol. The van der Waals surface area contributed by atoms with Gasteiger partial charge in [-0.15, -0.1) is 11.3 Å². The van der Waals surface area contributed by atoms with Gasteiger partial charge >= 0.3 is 0 Å². The van der Waals surface area contributed by atoms with Gasteiger partial charge in [0.15, 0.2) is 0 Å². The maximum atomic E-state index is 3.68. The van der Waals surface area contributed by atoms with Gasteiger partial charge in [-0.3, -0.25) is 0 Å². The van der Waals surface area contributed by atoms with Crippen molar-refractivity contribution in [2.75, 3.05) is 6.54 Å². The van der Waals surface area contributed by atoms with Crippen LogP contribution in [0.2, 0.25) is 0 Å². The van der Waals surface area contributed by atoms with Gasteiger partial charge in [0.05, 0.1) is 0 Å². The van der Waals surface area contributed by atoms with E-state index in [1.807, 2.05) is 0 Å². The van der Waals surface area contributed by atoms with Gasteiger partial charge in [-0.1, -0.05) is 6.92 Å². The van der Waals surface area contributed by atoms with Crippen LogP contribution in [0, 0.1) is 0 Å². The van der Waals surface area contributed by atoms with Crippen molar-refractivity contribution in [2.24, 2.45) is 0 Å². The molecule has 0 saturated carbocycles. The molecule has 0 amide bonds. The van der Waals surface area contributed by atoms with Crippen molar-refractivity contribution in [2.45, 2.75) is 51.5 Å². The summed E-state index contributed by atoms with van der Waals surface area (Å²) in [5, 5.41) is 8.15. The van der Waals surface area contributed by atoms with Crippen molar-refractivity contribution < 1.29 is 0 Å². The molecular formula is C17H23NS2. The van der Waals surface area contributed by atoms with Crippen LogP contribution in [0.3, 0.4) is 0 Å². The van der Waals surface area contributed by atoms with Gasteiger partial charge < -0.3 is 5.32 Å². The summed E-state index contributed by atoms with van der Waals surface area (Å²) in [6.07, 6.45) is 7.77. The fourth-order valence-electron chi connectivity index (χ4n) is 3.02. The summed E-state index contributed by atoms with van der Waals surface area (Å²) in [7, 11) is 0. The molecule has 2 heterocycles. The number of thiophene rings is 2. The number of fused-ring (bicyclic) bond motifs is 1. The molecule has 0 bridgehead atoms. The largest absolute Gasteiger partial charge is 0.310 e. The zero-order valence-electron chi connectivity index (χ0n) is 12.2. The normalized spacial score (nSPS) is 16.1. The second-order valence-corrected chi connectivity index (χ2v) is 7.53. The van der Waals surface area contributed by atoms with Crippen LogP contribution in [0.15, 0.2) is 22.9 Å². The van der Waals surface area contributed by atoms with E-state index < -0.39 is 0 Å². The van der Waals surface area contributed by atoms with Gasteiger partial charge in [0, 0.05) is 15.8 Å². The van der Waals surface area contributed by atoms with Crippen LogP contribution < -0.4 is 5.32 Å². The van der Waals surface area contributed by atoms with Crippen LogP contribution in [0.25, 0.3) is 0 Å². The maximum absolute atomic E-state index is 3.68. The van der Waals surface area contributed by atoms with Gasteiger partial charge in [0.2, 0.25) is 0 Å². The molecule has 2 aromatic heterocycles. The molecule has 3 heteroatoms.